The fourth-order valence-corrected chi connectivity index (χ4v) is 11.9. The average Bonchev–Trinajstić information content (AvgIpc) is 4.58. The van der Waals surface area contributed by atoms with E-state index in [-0.39, 0.29) is 42.1 Å². The largest absolute Gasteiger partial charge is 0.361 e. The van der Waals surface area contributed by atoms with Crippen molar-refractivity contribution in [3.63, 3.8) is 0 Å². The molecule has 422 valence electrons. The number of pyridine rings is 1. The van der Waals surface area contributed by atoms with Crippen LogP contribution in [0.2, 0.25) is 0 Å². The highest BCUT2D eigenvalue weighted by Gasteiger charge is 2.40. The number of hydrogen-bond acceptors (Lipinski definition) is 17. The number of piperazine rings is 3. The predicted octanol–water partition coefficient (Wildman–Crippen LogP) is 4.95. The second-order valence-electron chi connectivity index (χ2n) is 20.2. The van der Waals surface area contributed by atoms with Crippen LogP contribution in [0.3, 0.4) is 0 Å². The van der Waals surface area contributed by atoms with Crippen LogP contribution in [0.4, 0.5) is 17.6 Å². The van der Waals surface area contributed by atoms with Crippen molar-refractivity contribution < 1.29 is 24.0 Å². The Labute approximate surface area is 478 Å². The third kappa shape index (κ3) is 11.4. The van der Waals surface area contributed by atoms with Gasteiger partial charge in [0, 0.05) is 112 Å². The van der Waals surface area contributed by atoms with E-state index in [1.807, 2.05) is 114 Å². The van der Waals surface area contributed by atoms with Crippen molar-refractivity contribution in [2.45, 2.75) is 44.7 Å². The van der Waals surface area contributed by atoms with Gasteiger partial charge in [-0.15, -0.1) is 11.3 Å². The molecule has 10 aromatic rings. The number of thiophene rings is 1. The summed E-state index contributed by atoms with van der Waals surface area (Å²) in [4.78, 5) is 110. The Kier molecular flexibility index (Phi) is 15.3. The van der Waals surface area contributed by atoms with Crippen molar-refractivity contribution in [3.8, 4) is 17.2 Å². The molecule has 83 heavy (non-hydrogen) atoms. The zero-order valence-corrected chi connectivity index (χ0v) is 46.3. The minimum absolute atomic E-state index is 0.0467. The number of aryl methyl sites for hydroxylation is 1. The molecular weight excluding hydrogens is 1080 g/mol. The number of aromatic amines is 2. The number of aromatic nitrogens is 13. The molecular formula is C57H58N20O5S. The van der Waals surface area contributed by atoms with Gasteiger partial charge in [0.15, 0.2) is 17.3 Å². The molecule has 8 aromatic heterocycles. The summed E-state index contributed by atoms with van der Waals surface area (Å²) in [7, 11) is 1.83. The third-order valence-electron chi connectivity index (χ3n) is 15.1. The fraction of sp³-hybridized carbons (Fsp3) is 0.298. The van der Waals surface area contributed by atoms with Gasteiger partial charge in [0.05, 0.1) is 46.5 Å². The first-order valence-electron chi connectivity index (χ1n) is 27.4. The Morgan fingerprint density at radius 1 is 0.771 bits per heavy atom. The van der Waals surface area contributed by atoms with E-state index in [2.05, 4.69) is 65.6 Å². The number of rotatable bonds is 10. The maximum atomic E-state index is 12.8. The smallest absolute Gasteiger partial charge is 0.268 e. The molecule has 0 bridgehead atoms. The van der Waals surface area contributed by atoms with Crippen molar-refractivity contribution in [2.24, 2.45) is 7.05 Å². The molecule has 26 heteroatoms. The number of carbonyl (C=O) groups is 5. The lowest BCUT2D eigenvalue weighted by atomic mass is 10.1. The molecule has 4 fully saturated rings. The van der Waals surface area contributed by atoms with E-state index < -0.39 is 6.04 Å². The zero-order valence-electron chi connectivity index (χ0n) is 45.5. The molecule has 5 amide bonds. The SMILES string of the molecule is CCC(=O)N1CCCC1c1ccc(C(=O)Nc2nc3ccccc3[nH]2)s1.Cn1ncc2c(N3CCN4C(=O)CNC(=O)C4C3)nc(-c3cccnc3)nc21.O=C(Cc1c[nH]c2ccccc12)N1CCN(c2cc(-n3cncn3)ncn2)CC1. The van der Waals surface area contributed by atoms with E-state index in [0.29, 0.717) is 79.5 Å². The van der Waals surface area contributed by atoms with Crippen LogP contribution < -0.4 is 20.4 Å². The van der Waals surface area contributed by atoms with Gasteiger partial charge in [-0.3, -0.25) is 39.0 Å². The molecule has 12 heterocycles. The third-order valence-corrected chi connectivity index (χ3v) is 16.3. The van der Waals surface area contributed by atoms with E-state index in [9.17, 15) is 24.0 Å². The number of fused-ring (bicyclic) bond motifs is 4. The second kappa shape index (κ2) is 23.6. The van der Waals surface area contributed by atoms with Gasteiger partial charge in [0.25, 0.3) is 5.91 Å². The molecule has 2 unspecified atom stereocenters. The number of hydrogen-bond donors (Lipinski definition) is 4. The van der Waals surface area contributed by atoms with E-state index >= 15 is 0 Å². The number of anilines is 3. The number of para-hydroxylation sites is 3. The number of likely N-dealkylation sites (tertiary alicyclic amines) is 1. The van der Waals surface area contributed by atoms with Gasteiger partial charge in [0.1, 0.15) is 36.7 Å². The summed E-state index contributed by atoms with van der Waals surface area (Å²) < 4.78 is 3.31. The van der Waals surface area contributed by atoms with E-state index in [1.165, 1.54) is 24.0 Å². The van der Waals surface area contributed by atoms with Crippen LogP contribution in [0.1, 0.15) is 52.3 Å². The average molecular weight is 1140 g/mol. The molecule has 0 saturated carbocycles. The Morgan fingerprint density at radius 2 is 1.59 bits per heavy atom. The van der Waals surface area contributed by atoms with Crippen molar-refractivity contribution in [2.75, 3.05) is 74.0 Å². The maximum absolute atomic E-state index is 12.8. The molecule has 2 aromatic carbocycles. The lowest BCUT2D eigenvalue weighted by molar-refractivity contribution is -0.146. The molecule has 4 aliphatic rings. The van der Waals surface area contributed by atoms with Gasteiger partial charge in [-0.25, -0.2) is 34.6 Å². The lowest BCUT2D eigenvalue weighted by Crippen LogP contribution is -2.66. The van der Waals surface area contributed by atoms with Gasteiger partial charge >= 0.3 is 0 Å². The van der Waals surface area contributed by atoms with Crippen molar-refractivity contribution in [1.82, 2.24) is 84.4 Å². The molecule has 4 saturated heterocycles. The maximum Gasteiger partial charge on any atom is 0.268 e. The molecule has 0 aliphatic carbocycles. The van der Waals surface area contributed by atoms with Crippen LogP contribution in [-0.4, -0.2) is 174 Å². The van der Waals surface area contributed by atoms with Crippen molar-refractivity contribution in [1.29, 1.82) is 0 Å². The number of H-pyrrole nitrogens is 2. The van der Waals surface area contributed by atoms with Crippen LogP contribution in [0.15, 0.2) is 123 Å². The van der Waals surface area contributed by atoms with Gasteiger partial charge < -0.3 is 39.8 Å². The number of imidazole rings is 1. The van der Waals surface area contributed by atoms with Gasteiger partial charge in [0.2, 0.25) is 29.6 Å². The summed E-state index contributed by atoms with van der Waals surface area (Å²) in [6.07, 6.45) is 14.6. The van der Waals surface area contributed by atoms with Crippen molar-refractivity contribution in [3.05, 3.63) is 138 Å². The number of nitrogens with one attached hydrogen (secondary N) is 4. The minimum atomic E-state index is -0.515. The number of carbonyl (C=O) groups excluding carboxylic acids is 5. The Hall–Kier alpha value is -9.98. The molecule has 0 spiro atoms. The van der Waals surface area contributed by atoms with E-state index in [0.717, 1.165) is 81.6 Å². The van der Waals surface area contributed by atoms with Gasteiger partial charge in [-0.2, -0.15) is 10.2 Å². The molecule has 14 rings (SSSR count). The zero-order chi connectivity index (χ0) is 57.0. The number of amides is 5. The summed E-state index contributed by atoms with van der Waals surface area (Å²) in [6.45, 7) is 7.00. The molecule has 25 nitrogen and oxygen atoms in total. The van der Waals surface area contributed by atoms with Crippen LogP contribution in [0.25, 0.3) is 50.2 Å². The summed E-state index contributed by atoms with van der Waals surface area (Å²) in [5.41, 5.74) is 5.31. The predicted molar refractivity (Wildman–Crippen MR) is 310 cm³/mol. The highest BCUT2D eigenvalue weighted by molar-refractivity contribution is 7.14. The highest BCUT2D eigenvalue weighted by Crippen LogP contribution is 2.37. The summed E-state index contributed by atoms with van der Waals surface area (Å²) >= 11 is 1.45. The van der Waals surface area contributed by atoms with E-state index in [1.54, 1.807) is 39.2 Å². The Morgan fingerprint density at radius 3 is 2.40 bits per heavy atom. The first-order chi connectivity index (χ1) is 40.5. The lowest BCUT2D eigenvalue weighted by Gasteiger charge is -2.43. The molecule has 2 atom stereocenters. The summed E-state index contributed by atoms with van der Waals surface area (Å²) in [6, 6.07) is 24.7. The highest BCUT2D eigenvalue weighted by atomic mass is 32.1. The van der Waals surface area contributed by atoms with Gasteiger partial charge in [-0.05, 0) is 60.9 Å². The van der Waals surface area contributed by atoms with Crippen LogP contribution in [0.5, 0.6) is 0 Å². The number of benzene rings is 2. The summed E-state index contributed by atoms with van der Waals surface area (Å²) in [5, 5.41) is 15.8. The first-order valence-corrected chi connectivity index (χ1v) is 28.2. The molecule has 0 radical (unpaired) electrons. The molecule has 4 N–H and O–H groups in total. The second-order valence-corrected chi connectivity index (χ2v) is 21.3. The quantitative estimate of drug-likeness (QED) is 0.141. The summed E-state index contributed by atoms with van der Waals surface area (Å²) in [5.74, 6) is 3.16. The molecule has 4 aliphatic heterocycles. The topological polar surface area (TPSA) is 283 Å². The Bertz CT molecular complexity index is 3950. The standard InChI is InChI=1S/C20H20N8O.C19H20N4O2S.C18H18N8O2/c29-20(9-15-11-22-17-4-2-1-3-16(15)17)27-7-5-26(6-8-27)18-10-19(24-13-23-18)28-14-21-12-25-28;1-2-17(24)23-11-5-8-14(23)15-9-10-16(26-15)18(25)22-19-20-12-6-3-4-7-13(12)21-19;1-24-16-12(8-21-24)17(23-15(22-16)11-3-2-4-19-7-11)25-5-6-26-13(10-25)18(28)20-9-14(26)27/h1-4,10-14,22H,5-9H2;3-4,6-7,9-10,14H,2,5,8,11H2,1H3,(H2,20,21,22,25);2-4,7-8,13H,5-6,9-10H2,1H3,(H,20,28). The van der Waals surface area contributed by atoms with Crippen molar-refractivity contribution >= 4 is 91.4 Å². The van der Waals surface area contributed by atoms with Crippen LogP contribution in [0, 0.1) is 0 Å². The van der Waals surface area contributed by atoms with Gasteiger partial charge in [-0.1, -0.05) is 37.3 Å². The minimum Gasteiger partial charge on any atom is -0.361 e. The first kappa shape index (κ1) is 53.7. The monoisotopic (exact) mass is 1130 g/mol. The van der Waals surface area contributed by atoms with Crippen LogP contribution in [-0.2, 0) is 32.6 Å². The van der Waals surface area contributed by atoms with E-state index in [4.69, 9.17) is 4.98 Å². The normalized spacial score (nSPS) is 17.0. The Balaban J connectivity index is 0.000000123. The fourth-order valence-electron chi connectivity index (χ4n) is 10.9. The number of nitrogens with zero attached hydrogens (tertiary/aromatic N) is 16. The van der Waals surface area contributed by atoms with Crippen LogP contribution >= 0.6 is 11.3 Å².